The average Bonchev–Trinajstić information content (AvgIpc) is 3.37. The molecule has 1 aromatic carbocycles. The molecular formula is C21H19FN6O. The first-order valence-corrected chi connectivity index (χ1v) is 9.38. The van der Waals surface area contributed by atoms with E-state index in [0.29, 0.717) is 18.0 Å². The molecule has 3 unspecified atom stereocenters. The van der Waals surface area contributed by atoms with E-state index in [9.17, 15) is 9.65 Å². The number of aromatic nitrogens is 3. The summed E-state index contributed by atoms with van der Waals surface area (Å²) in [7, 11) is 1.76. The maximum Gasteiger partial charge on any atom is 0.166 e. The second kappa shape index (κ2) is 6.29. The fourth-order valence-corrected chi connectivity index (χ4v) is 4.10. The van der Waals surface area contributed by atoms with Gasteiger partial charge < -0.3 is 10.5 Å². The molecule has 2 N–H and O–H groups in total. The molecule has 3 aromatic rings. The molecule has 0 radical (unpaired) electrons. The van der Waals surface area contributed by atoms with Crippen LogP contribution in [0.15, 0.2) is 30.5 Å². The van der Waals surface area contributed by atoms with Crippen molar-refractivity contribution < 1.29 is 9.13 Å². The third-order valence-corrected chi connectivity index (χ3v) is 5.61. The number of fused-ring (bicyclic) bond motifs is 7. The van der Waals surface area contributed by atoms with E-state index in [1.807, 2.05) is 13.0 Å². The molecule has 146 valence electrons. The van der Waals surface area contributed by atoms with Crippen LogP contribution in [-0.2, 0) is 13.6 Å². The highest BCUT2D eigenvalue weighted by molar-refractivity contribution is 5.73. The van der Waals surface area contributed by atoms with Gasteiger partial charge in [0.2, 0.25) is 0 Å². The lowest BCUT2D eigenvalue weighted by Gasteiger charge is -2.21. The highest BCUT2D eigenvalue weighted by Gasteiger charge is 2.39. The van der Waals surface area contributed by atoms with Crippen molar-refractivity contribution in [1.29, 1.82) is 5.26 Å². The lowest BCUT2D eigenvalue weighted by atomic mass is 9.99. The summed E-state index contributed by atoms with van der Waals surface area (Å²) in [6.07, 6.45) is 1.22. The van der Waals surface area contributed by atoms with Gasteiger partial charge in [-0.25, -0.2) is 9.37 Å². The molecular weight excluding hydrogens is 371 g/mol. The Hall–Kier alpha value is -3.44. The number of rotatable bonds is 0. The van der Waals surface area contributed by atoms with Crippen molar-refractivity contribution in [3.05, 3.63) is 58.8 Å². The van der Waals surface area contributed by atoms with Gasteiger partial charge >= 0.3 is 0 Å². The van der Waals surface area contributed by atoms with Crippen LogP contribution in [-0.4, -0.2) is 26.2 Å². The van der Waals surface area contributed by atoms with E-state index < -0.39 is 6.10 Å². The number of anilines is 1. The molecule has 2 aliphatic rings. The van der Waals surface area contributed by atoms with Gasteiger partial charge in [-0.2, -0.15) is 10.4 Å². The Labute approximate surface area is 167 Å². The van der Waals surface area contributed by atoms with Crippen LogP contribution in [0.3, 0.4) is 0 Å². The molecule has 7 nitrogen and oxygen atoms in total. The summed E-state index contributed by atoms with van der Waals surface area (Å²) in [5, 5.41) is 14.3. The molecule has 0 amide bonds. The van der Waals surface area contributed by atoms with Gasteiger partial charge in [0.25, 0.3) is 0 Å². The molecule has 5 rings (SSSR count). The predicted molar refractivity (Wildman–Crippen MR) is 104 cm³/mol. The third-order valence-electron chi connectivity index (χ3n) is 5.61. The van der Waals surface area contributed by atoms with Crippen LogP contribution in [0.25, 0.3) is 11.1 Å². The number of nitrogens with zero attached hydrogens (tertiary/aromatic N) is 5. The quantitative estimate of drug-likeness (QED) is 0.593. The maximum atomic E-state index is 14.0. The molecule has 2 aliphatic heterocycles. The molecule has 3 atom stereocenters. The number of benzene rings is 1. The van der Waals surface area contributed by atoms with Crippen LogP contribution in [0.4, 0.5) is 10.2 Å². The number of ether oxygens (including phenoxy) is 1. The average molecular weight is 390 g/mol. The third kappa shape index (κ3) is 2.82. The summed E-state index contributed by atoms with van der Waals surface area (Å²) in [6, 6.07) is 8.99. The highest BCUT2D eigenvalue weighted by Crippen LogP contribution is 2.43. The van der Waals surface area contributed by atoms with Crippen LogP contribution in [0.5, 0.6) is 5.75 Å². The topological polar surface area (TPSA) is 92.8 Å². The smallest absolute Gasteiger partial charge is 0.166 e. The largest absolute Gasteiger partial charge is 0.482 e. The number of nitriles is 1. The van der Waals surface area contributed by atoms with Crippen molar-refractivity contribution in [2.24, 2.45) is 7.05 Å². The summed E-state index contributed by atoms with van der Waals surface area (Å²) in [4.78, 5) is 6.51. The van der Waals surface area contributed by atoms with Gasteiger partial charge in [-0.15, -0.1) is 0 Å². The Morgan fingerprint density at radius 3 is 2.93 bits per heavy atom. The maximum absolute atomic E-state index is 14.0. The molecule has 1 saturated heterocycles. The summed E-state index contributed by atoms with van der Waals surface area (Å²) in [6.45, 7) is 3.29. The van der Waals surface area contributed by atoms with E-state index in [1.54, 1.807) is 24.0 Å². The van der Waals surface area contributed by atoms with Gasteiger partial charge in [-0.3, -0.25) is 9.58 Å². The van der Waals surface area contributed by atoms with E-state index in [-0.39, 0.29) is 17.7 Å². The zero-order valence-corrected chi connectivity index (χ0v) is 16.1. The molecule has 8 heteroatoms. The number of aryl methyl sites for hydroxylation is 1. The van der Waals surface area contributed by atoms with Crippen molar-refractivity contribution in [3.8, 4) is 22.9 Å². The van der Waals surface area contributed by atoms with E-state index in [4.69, 9.17) is 10.5 Å². The molecule has 4 heterocycles. The number of pyridine rings is 1. The minimum Gasteiger partial charge on any atom is -0.482 e. The summed E-state index contributed by atoms with van der Waals surface area (Å²) < 4.78 is 21.7. The Kier molecular flexibility index (Phi) is 3.83. The van der Waals surface area contributed by atoms with E-state index in [0.717, 1.165) is 34.5 Å². The molecule has 1 fully saturated rings. The first-order chi connectivity index (χ1) is 14.0. The molecule has 29 heavy (non-hydrogen) atoms. The number of nitrogen functional groups attached to an aromatic ring is 1. The second-order valence-electron chi connectivity index (χ2n) is 7.49. The SMILES string of the molecule is CC1Oc2cc(cnc2N)-c2c(nn(C)c2C#N)CN2CC2c2ccc(F)cc21. The lowest BCUT2D eigenvalue weighted by molar-refractivity contribution is 0.225. The van der Waals surface area contributed by atoms with Crippen LogP contribution in [0.1, 0.15) is 41.6 Å². The van der Waals surface area contributed by atoms with Gasteiger partial charge in [0, 0.05) is 43.5 Å². The van der Waals surface area contributed by atoms with Crippen molar-refractivity contribution in [2.45, 2.75) is 25.6 Å². The first-order valence-electron chi connectivity index (χ1n) is 9.38. The number of hydrogen-bond donors (Lipinski definition) is 1. The van der Waals surface area contributed by atoms with Crippen molar-refractivity contribution in [3.63, 3.8) is 0 Å². The van der Waals surface area contributed by atoms with Gasteiger partial charge in [-0.1, -0.05) is 6.07 Å². The minimum atomic E-state index is -0.411. The van der Waals surface area contributed by atoms with Crippen LogP contribution in [0.2, 0.25) is 0 Å². The molecule has 2 aromatic heterocycles. The van der Waals surface area contributed by atoms with Crippen LogP contribution < -0.4 is 10.5 Å². The fourth-order valence-electron chi connectivity index (χ4n) is 4.10. The van der Waals surface area contributed by atoms with Gasteiger partial charge in [0.15, 0.2) is 11.6 Å². The standard InChI is InChI=1S/C21H19FN6O/c1-11-15-6-13(22)3-4-14(15)18-10-28(18)9-16-20(17(7-23)27(2)26-16)12-5-19(29-11)21(24)25-8-12/h3-6,8,11,18H,9-10H2,1-2H3,(H2,24,25). The molecule has 0 saturated carbocycles. The fraction of sp³-hybridized carbons (Fsp3) is 0.286. The van der Waals surface area contributed by atoms with E-state index in [2.05, 4.69) is 21.1 Å². The zero-order chi connectivity index (χ0) is 20.3. The van der Waals surface area contributed by atoms with Gasteiger partial charge in [-0.05, 0) is 36.2 Å². The van der Waals surface area contributed by atoms with Gasteiger partial charge in [0.1, 0.15) is 23.7 Å². The van der Waals surface area contributed by atoms with Crippen molar-refractivity contribution >= 4 is 5.82 Å². The summed E-state index contributed by atoms with van der Waals surface area (Å²) >= 11 is 0. The predicted octanol–water partition coefficient (Wildman–Crippen LogP) is 3.09. The first kappa shape index (κ1) is 17.6. The Bertz CT molecular complexity index is 1180. The van der Waals surface area contributed by atoms with Crippen LogP contribution in [0, 0.1) is 17.1 Å². The number of halogens is 1. The number of hydrogen-bond acceptors (Lipinski definition) is 6. The summed E-state index contributed by atoms with van der Waals surface area (Å²) in [5.74, 6) is 0.341. The van der Waals surface area contributed by atoms with Gasteiger partial charge in [0.05, 0.1) is 5.69 Å². The Morgan fingerprint density at radius 2 is 2.14 bits per heavy atom. The Morgan fingerprint density at radius 1 is 1.31 bits per heavy atom. The zero-order valence-electron chi connectivity index (χ0n) is 16.1. The van der Waals surface area contributed by atoms with Crippen molar-refractivity contribution in [1.82, 2.24) is 19.7 Å². The van der Waals surface area contributed by atoms with E-state index >= 15 is 0 Å². The molecule has 0 spiro atoms. The molecule has 2 bridgehead atoms. The monoisotopic (exact) mass is 390 g/mol. The van der Waals surface area contributed by atoms with Crippen molar-refractivity contribution in [2.75, 3.05) is 12.3 Å². The number of nitrogens with two attached hydrogens (primary N) is 1. The lowest BCUT2D eigenvalue weighted by Crippen LogP contribution is -2.11. The highest BCUT2D eigenvalue weighted by atomic mass is 19.1. The summed E-state index contributed by atoms with van der Waals surface area (Å²) in [5.41, 5.74) is 10.6. The van der Waals surface area contributed by atoms with E-state index in [1.165, 1.54) is 12.1 Å². The van der Waals surface area contributed by atoms with Crippen LogP contribution >= 0.6 is 0 Å². The minimum absolute atomic E-state index is 0.158. The Balaban J connectivity index is 1.72. The molecule has 0 aliphatic carbocycles. The normalized spacial score (nSPS) is 22.1. The second-order valence-corrected chi connectivity index (χ2v) is 7.49.